The minimum atomic E-state index is -0.858. The first kappa shape index (κ1) is 12.0. The maximum Gasteiger partial charge on any atom is 0.354 e. The largest absolute Gasteiger partial charge is 0.477 e. The molecule has 4 heteroatoms. The molecule has 1 heterocycles. The predicted octanol–water partition coefficient (Wildman–Crippen LogP) is 2.31. The minimum absolute atomic E-state index is 0.392. The molecule has 0 saturated heterocycles. The highest BCUT2D eigenvalue weighted by molar-refractivity contribution is 5.88. The van der Waals surface area contributed by atoms with Crippen LogP contribution in [0.15, 0.2) is 30.3 Å². The Labute approximate surface area is 111 Å². The second kappa shape index (κ2) is 4.88. The van der Waals surface area contributed by atoms with E-state index in [2.05, 4.69) is 17.2 Å². The average molecular weight is 256 g/mol. The van der Waals surface area contributed by atoms with Crippen LogP contribution in [0.5, 0.6) is 0 Å². The number of hydrogen-bond acceptors (Lipinski definition) is 2. The lowest BCUT2D eigenvalue weighted by molar-refractivity contribution is 0.0682. The molecule has 0 radical (unpaired) electrons. The van der Waals surface area contributed by atoms with Gasteiger partial charge in [0, 0.05) is 12.1 Å². The van der Waals surface area contributed by atoms with Crippen molar-refractivity contribution in [3.05, 3.63) is 52.8 Å². The molecule has 0 aliphatic heterocycles. The van der Waals surface area contributed by atoms with E-state index >= 15 is 0 Å². The molecule has 0 bridgehead atoms. The molecule has 3 rings (SSSR count). The summed E-state index contributed by atoms with van der Waals surface area (Å²) in [5.74, 6) is -0.858. The van der Waals surface area contributed by atoms with Crippen LogP contribution in [-0.2, 0) is 25.8 Å². The van der Waals surface area contributed by atoms with Crippen LogP contribution in [0, 0.1) is 0 Å². The van der Waals surface area contributed by atoms with Crippen LogP contribution in [0.3, 0.4) is 0 Å². The lowest BCUT2D eigenvalue weighted by Gasteiger charge is -2.06. The van der Waals surface area contributed by atoms with Gasteiger partial charge in [-0.1, -0.05) is 30.3 Å². The van der Waals surface area contributed by atoms with Gasteiger partial charge in [-0.05, 0) is 31.2 Å². The molecule has 0 fully saturated rings. The Morgan fingerprint density at radius 3 is 2.79 bits per heavy atom. The average Bonchev–Trinajstić information content (AvgIpc) is 2.96. The third kappa shape index (κ3) is 2.26. The Kier molecular flexibility index (Phi) is 3.07. The Morgan fingerprint density at radius 2 is 2.05 bits per heavy atom. The monoisotopic (exact) mass is 256 g/mol. The van der Waals surface area contributed by atoms with Crippen molar-refractivity contribution in [3.8, 4) is 0 Å². The number of benzene rings is 1. The van der Waals surface area contributed by atoms with Gasteiger partial charge in [-0.2, -0.15) is 5.10 Å². The summed E-state index contributed by atoms with van der Waals surface area (Å²) < 4.78 is 1.67. The topological polar surface area (TPSA) is 55.1 Å². The van der Waals surface area contributed by atoms with Gasteiger partial charge in [0.15, 0.2) is 0 Å². The van der Waals surface area contributed by atoms with Crippen LogP contribution in [0.2, 0.25) is 0 Å². The molecule has 0 saturated carbocycles. The Bertz CT molecular complexity index is 602. The molecule has 0 unspecified atom stereocenters. The highest BCUT2D eigenvalue weighted by atomic mass is 16.4. The number of carboxylic acids is 1. The van der Waals surface area contributed by atoms with Gasteiger partial charge in [0.2, 0.25) is 0 Å². The van der Waals surface area contributed by atoms with E-state index in [1.807, 2.05) is 18.2 Å². The van der Waals surface area contributed by atoms with Gasteiger partial charge in [0.25, 0.3) is 0 Å². The van der Waals surface area contributed by atoms with Crippen molar-refractivity contribution in [2.24, 2.45) is 0 Å². The Morgan fingerprint density at radius 1 is 1.26 bits per heavy atom. The number of aromatic nitrogens is 2. The normalized spacial score (nSPS) is 13.5. The third-order valence-electron chi connectivity index (χ3n) is 3.63. The first-order chi connectivity index (χ1) is 9.25. The lowest BCUT2D eigenvalue weighted by Crippen LogP contribution is -2.13. The molecule has 1 aliphatic rings. The molecule has 1 N–H and O–H groups in total. The quantitative estimate of drug-likeness (QED) is 0.913. The molecule has 4 nitrogen and oxygen atoms in total. The lowest BCUT2D eigenvalue weighted by atomic mass is 10.1. The van der Waals surface area contributed by atoms with E-state index in [0.29, 0.717) is 12.2 Å². The van der Waals surface area contributed by atoms with E-state index < -0.39 is 5.97 Å². The zero-order valence-corrected chi connectivity index (χ0v) is 10.7. The zero-order valence-electron chi connectivity index (χ0n) is 10.7. The van der Waals surface area contributed by atoms with E-state index in [1.165, 1.54) is 5.56 Å². The number of aryl methyl sites for hydroxylation is 3. The highest BCUT2D eigenvalue weighted by Crippen LogP contribution is 2.25. The standard InChI is InChI=1S/C15H16N2O2/c18-15(19)14-12-7-4-8-13(12)16-17(14)10-9-11-5-2-1-3-6-11/h1-3,5-6H,4,7-10H2,(H,18,19). The van der Waals surface area contributed by atoms with Crippen LogP contribution in [0.4, 0.5) is 0 Å². The van der Waals surface area contributed by atoms with Crippen molar-refractivity contribution in [1.29, 1.82) is 0 Å². The highest BCUT2D eigenvalue weighted by Gasteiger charge is 2.25. The summed E-state index contributed by atoms with van der Waals surface area (Å²) in [6, 6.07) is 10.1. The summed E-state index contributed by atoms with van der Waals surface area (Å²) in [5, 5.41) is 13.8. The number of rotatable bonds is 4. The maximum atomic E-state index is 11.4. The van der Waals surface area contributed by atoms with Crippen LogP contribution in [-0.4, -0.2) is 20.9 Å². The summed E-state index contributed by atoms with van der Waals surface area (Å²) in [7, 11) is 0. The van der Waals surface area contributed by atoms with Gasteiger partial charge in [-0.15, -0.1) is 0 Å². The first-order valence-electron chi connectivity index (χ1n) is 6.61. The SMILES string of the molecule is O=C(O)c1c2c(nn1CCc1ccccc1)CCC2. The van der Waals surface area contributed by atoms with E-state index in [0.717, 1.165) is 36.9 Å². The van der Waals surface area contributed by atoms with Gasteiger partial charge in [0.05, 0.1) is 5.69 Å². The van der Waals surface area contributed by atoms with E-state index in [1.54, 1.807) is 4.68 Å². The molecule has 0 atom stereocenters. The smallest absolute Gasteiger partial charge is 0.354 e. The van der Waals surface area contributed by atoms with Gasteiger partial charge in [0.1, 0.15) is 5.69 Å². The molecule has 98 valence electrons. The molecule has 2 aromatic rings. The van der Waals surface area contributed by atoms with E-state index in [4.69, 9.17) is 0 Å². The van der Waals surface area contributed by atoms with Crippen LogP contribution in [0.25, 0.3) is 0 Å². The van der Waals surface area contributed by atoms with Crippen molar-refractivity contribution < 1.29 is 9.90 Å². The maximum absolute atomic E-state index is 11.4. The summed E-state index contributed by atoms with van der Waals surface area (Å²) in [6.07, 6.45) is 3.59. The molecule has 1 aromatic carbocycles. The molecular formula is C15H16N2O2. The van der Waals surface area contributed by atoms with Gasteiger partial charge in [-0.25, -0.2) is 4.79 Å². The van der Waals surface area contributed by atoms with E-state index in [9.17, 15) is 9.90 Å². The Balaban J connectivity index is 1.83. The molecule has 0 amide bonds. The molecular weight excluding hydrogens is 240 g/mol. The van der Waals surface area contributed by atoms with Crippen molar-refractivity contribution in [3.63, 3.8) is 0 Å². The summed E-state index contributed by atoms with van der Waals surface area (Å²) in [4.78, 5) is 11.4. The fraction of sp³-hybridized carbons (Fsp3) is 0.333. The van der Waals surface area contributed by atoms with Gasteiger partial charge in [-0.3, -0.25) is 4.68 Å². The summed E-state index contributed by atoms with van der Waals surface area (Å²) in [6.45, 7) is 0.624. The molecule has 19 heavy (non-hydrogen) atoms. The number of aromatic carboxylic acids is 1. The van der Waals surface area contributed by atoms with Crippen molar-refractivity contribution >= 4 is 5.97 Å². The second-order valence-corrected chi connectivity index (χ2v) is 4.89. The summed E-state index contributed by atoms with van der Waals surface area (Å²) >= 11 is 0. The van der Waals surface area contributed by atoms with Crippen LogP contribution in [0.1, 0.15) is 33.7 Å². The fourth-order valence-electron chi connectivity index (χ4n) is 2.73. The van der Waals surface area contributed by atoms with Gasteiger partial charge < -0.3 is 5.11 Å². The molecule has 1 aliphatic carbocycles. The predicted molar refractivity (Wildman–Crippen MR) is 71.4 cm³/mol. The van der Waals surface area contributed by atoms with Crippen molar-refractivity contribution in [2.75, 3.05) is 0 Å². The van der Waals surface area contributed by atoms with Crippen molar-refractivity contribution in [1.82, 2.24) is 9.78 Å². The number of nitrogens with zero attached hydrogens (tertiary/aromatic N) is 2. The minimum Gasteiger partial charge on any atom is -0.477 e. The number of hydrogen-bond donors (Lipinski definition) is 1. The van der Waals surface area contributed by atoms with E-state index in [-0.39, 0.29) is 0 Å². The number of fused-ring (bicyclic) bond motifs is 1. The number of carboxylic acid groups (broad SMARTS) is 1. The zero-order chi connectivity index (χ0) is 13.2. The van der Waals surface area contributed by atoms with Gasteiger partial charge >= 0.3 is 5.97 Å². The Hall–Kier alpha value is -2.10. The first-order valence-corrected chi connectivity index (χ1v) is 6.61. The fourth-order valence-corrected chi connectivity index (χ4v) is 2.73. The van der Waals surface area contributed by atoms with Crippen LogP contribution >= 0.6 is 0 Å². The third-order valence-corrected chi connectivity index (χ3v) is 3.63. The second-order valence-electron chi connectivity index (χ2n) is 4.89. The number of carbonyl (C=O) groups is 1. The molecule has 1 aromatic heterocycles. The van der Waals surface area contributed by atoms with Crippen LogP contribution < -0.4 is 0 Å². The van der Waals surface area contributed by atoms with Crippen molar-refractivity contribution in [2.45, 2.75) is 32.2 Å². The molecule has 0 spiro atoms. The summed E-state index contributed by atoms with van der Waals surface area (Å²) in [5.41, 5.74) is 3.52.